The molecule has 0 aliphatic heterocycles. The molecule has 1 aliphatic carbocycles. The van der Waals surface area contributed by atoms with Crippen molar-refractivity contribution in [3.05, 3.63) is 11.6 Å². The third kappa shape index (κ3) is 3.65. The van der Waals surface area contributed by atoms with E-state index < -0.39 is 0 Å². The zero-order valence-corrected chi connectivity index (χ0v) is 8.47. The molecule has 1 unspecified atom stereocenters. The zero-order chi connectivity index (χ0) is 9.52. The Morgan fingerprint density at radius 3 is 3.08 bits per heavy atom. The summed E-state index contributed by atoms with van der Waals surface area (Å²) < 4.78 is 0. The van der Waals surface area contributed by atoms with E-state index in [0.29, 0.717) is 0 Å². The molecule has 0 fully saturated rings. The number of hydrogen-bond acceptors (Lipinski definition) is 1. The van der Waals surface area contributed by atoms with Crippen LogP contribution in [0, 0.1) is 12.3 Å². The molecular weight excluding hydrogens is 158 g/mol. The Kier molecular flexibility index (Phi) is 4.64. The van der Waals surface area contributed by atoms with Gasteiger partial charge in [0.05, 0.1) is 6.04 Å². The van der Waals surface area contributed by atoms with Gasteiger partial charge in [-0.15, -0.1) is 6.42 Å². The minimum Gasteiger partial charge on any atom is -0.303 e. The van der Waals surface area contributed by atoms with Crippen molar-refractivity contribution in [2.75, 3.05) is 6.54 Å². The van der Waals surface area contributed by atoms with Crippen molar-refractivity contribution in [2.24, 2.45) is 0 Å². The van der Waals surface area contributed by atoms with Gasteiger partial charge in [-0.3, -0.25) is 0 Å². The predicted molar refractivity (Wildman–Crippen MR) is 57.5 cm³/mol. The molecule has 1 atom stereocenters. The van der Waals surface area contributed by atoms with Crippen LogP contribution in [0.15, 0.2) is 11.6 Å². The molecule has 1 N–H and O–H groups in total. The third-order valence-corrected chi connectivity index (χ3v) is 2.58. The summed E-state index contributed by atoms with van der Waals surface area (Å²) in [7, 11) is 0. The number of terminal acetylenes is 1. The average molecular weight is 177 g/mol. The van der Waals surface area contributed by atoms with Gasteiger partial charge < -0.3 is 5.32 Å². The molecule has 0 aromatic heterocycles. The van der Waals surface area contributed by atoms with E-state index in [1.165, 1.54) is 25.7 Å². The van der Waals surface area contributed by atoms with E-state index in [-0.39, 0.29) is 6.04 Å². The van der Waals surface area contributed by atoms with Crippen molar-refractivity contribution in [3.8, 4) is 12.3 Å². The summed E-state index contributed by atoms with van der Waals surface area (Å²) >= 11 is 0. The minimum atomic E-state index is 0.266. The van der Waals surface area contributed by atoms with Crippen LogP contribution < -0.4 is 5.32 Å². The second-order valence-corrected chi connectivity index (χ2v) is 3.59. The van der Waals surface area contributed by atoms with Gasteiger partial charge in [0.25, 0.3) is 0 Å². The van der Waals surface area contributed by atoms with Crippen molar-refractivity contribution >= 4 is 0 Å². The van der Waals surface area contributed by atoms with Crippen LogP contribution in [0.25, 0.3) is 0 Å². The lowest BCUT2D eigenvalue weighted by atomic mass is 10.1. The molecule has 1 heteroatoms. The molecule has 0 saturated carbocycles. The summed E-state index contributed by atoms with van der Waals surface area (Å²) in [6, 6.07) is 0.266. The van der Waals surface area contributed by atoms with Gasteiger partial charge in [-0.2, -0.15) is 0 Å². The van der Waals surface area contributed by atoms with Gasteiger partial charge >= 0.3 is 0 Å². The monoisotopic (exact) mass is 177 g/mol. The molecule has 1 aliphatic rings. The van der Waals surface area contributed by atoms with E-state index in [4.69, 9.17) is 6.42 Å². The highest BCUT2D eigenvalue weighted by molar-refractivity contribution is 5.08. The number of nitrogens with one attached hydrogen (secondary N) is 1. The molecule has 72 valence electrons. The topological polar surface area (TPSA) is 12.0 Å². The van der Waals surface area contributed by atoms with Gasteiger partial charge in [0.2, 0.25) is 0 Å². The Bertz CT molecular complexity index is 210. The quantitative estimate of drug-likeness (QED) is 0.502. The predicted octanol–water partition coefficient (Wildman–Crippen LogP) is 2.49. The SMILES string of the molecule is C#CC(CC)NCCC1=CCCC1. The summed E-state index contributed by atoms with van der Waals surface area (Å²) in [6.07, 6.45) is 13.9. The lowest BCUT2D eigenvalue weighted by Crippen LogP contribution is -2.27. The first-order chi connectivity index (χ1) is 6.36. The number of rotatable bonds is 5. The highest BCUT2D eigenvalue weighted by atomic mass is 14.9. The van der Waals surface area contributed by atoms with E-state index in [1.807, 2.05) is 0 Å². The molecule has 0 saturated heterocycles. The summed E-state index contributed by atoms with van der Waals surface area (Å²) in [5.74, 6) is 2.75. The summed E-state index contributed by atoms with van der Waals surface area (Å²) in [4.78, 5) is 0. The zero-order valence-electron chi connectivity index (χ0n) is 8.47. The third-order valence-electron chi connectivity index (χ3n) is 2.58. The molecular formula is C12H19N. The average Bonchev–Trinajstić information content (AvgIpc) is 2.65. The van der Waals surface area contributed by atoms with Gasteiger partial charge in [-0.1, -0.05) is 24.5 Å². The van der Waals surface area contributed by atoms with Gasteiger partial charge in [-0.25, -0.2) is 0 Å². The van der Waals surface area contributed by atoms with Gasteiger partial charge in [0, 0.05) is 0 Å². The Morgan fingerprint density at radius 1 is 1.69 bits per heavy atom. The second-order valence-electron chi connectivity index (χ2n) is 3.59. The van der Waals surface area contributed by atoms with Gasteiger partial charge in [0.15, 0.2) is 0 Å². The smallest absolute Gasteiger partial charge is 0.0684 e. The standard InChI is InChI=1S/C12H19N/c1-3-12(4-2)13-10-9-11-7-5-6-8-11/h1,7,12-13H,4-6,8-10H2,2H3. The molecule has 0 aromatic rings. The molecule has 0 spiro atoms. The molecule has 0 bridgehead atoms. The molecule has 0 heterocycles. The van der Waals surface area contributed by atoms with Gasteiger partial charge in [0.1, 0.15) is 0 Å². The number of hydrogen-bond donors (Lipinski definition) is 1. The summed E-state index contributed by atoms with van der Waals surface area (Å²) in [6.45, 7) is 3.15. The summed E-state index contributed by atoms with van der Waals surface area (Å²) in [5, 5.41) is 3.37. The van der Waals surface area contributed by atoms with Crippen molar-refractivity contribution < 1.29 is 0 Å². The van der Waals surface area contributed by atoms with E-state index in [1.54, 1.807) is 5.57 Å². The Balaban J connectivity index is 2.09. The van der Waals surface area contributed by atoms with Crippen LogP contribution in [0.4, 0.5) is 0 Å². The van der Waals surface area contributed by atoms with Crippen molar-refractivity contribution in [1.82, 2.24) is 5.32 Å². The highest BCUT2D eigenvalue weighted by Crippen LogP contribution is 2.19. The molecule has 0 radical (unpaired) electrons. The molecule has 0 amide bonds. The minimum absolute atomic E-state index is 0.266. The first-order valence-electron chi connectivity index (χ1n) is 5.24. The fraction of sp³-hybridized carbons (Fsp3) is 0.667. The van der Waals surface area contributed by atoms with Crippen LogP contribution in [0.3, 0.4) is 0 Å². The molecule has 0 aromatic carbocycles. The van der Waals surface area contributed by atoms with E-state index >= 15 is 0 Å². The van der Waals surface area contributed by atoms with Crippen molar-refractivity contribution in [1.29, 1.82) is 0 Å². The van der Waals surface area contributed by atoms with Crippen LogP contribution in [0.5, 0.6) is 0 Å². The first kappa shape index (κ1) is 10.3. The lowest BCUT2D eigenvalue weighted by Gasteiger charge is -2.10. The fourth-order valence-corrected chi connectivity index (χ4v) is 1.69. The molecule has 1 nitrogen and oxygen atoms in total. The van der Waals surface area contributed by atoms with Crippen molar-refractivity contribution in [3.63, 3.8) is 0 Å². The maximum atomic E-state index is 5.35. The van der Waals surface area contributed by atoms with Crippen LogP contribution in [-0.4, -0.2) is 12.6 Å². The second kappa shape index (κ2) is 5.83. The maximum absolute atomic E-state index is 5.35. The van der Waals surface area contributed by atoms with Crippen LogP contribution in [0.1, 0.15) is 39.0 Å². The largest absolute Gasteiger partial charge is 0.303 e. The first-order valence-corrected chi connectivity index (χ1v) is 5.24. The Labute approximate surface area is 81.6 Å². The molecule has 1 rings (SSSR count). The van der Waals surface area contributed by atoms with Crippen molar-refractivity contribution in [2.45, 2.75) is 45.1 Å². The maximum Gasteiger partial charge on any atom is 0.0684 e. The molecule has 13 heavy (non-hydrogen) atoms. The summed E-state index contributed by atoms with van der Waals surface area (Å²) in [5.41, 5.74) is 1.61. The van der Waals surface area contributed by atoms with E-state index in [0.717, 1.165) is 13.0 Å². The van der Waals surface area contributed by atoms with Crippen LogP contribution >= 0.6 is 0 Å². The van der Waals surface area contributed by atoms with E-state index in [9.17, 15) is 0 Å². The number of allylic oxidation sites excluding steroid dienone is 1. The van der Waals surface area contributed by atoms with Gasteiger partial charge in [-0.05, 0) is 38.6 Å². The normalized spacial score (nSPS) is 18.0. The Hall–Kier alpha value is -0.740. The Morgan fingerprint density at radius 2 is 2.54 bits per heavy atom. The fourth-order valence-electron chi connectivity index (χ4n) is 1.69. The van der Waals surface area contributed by atoms with Crippen LogP contribution in [0.2, 0.25) is 0 Å². The highest BCUT2D eigenvalue weighted by Gasteiger charge is 2.05. The van der Waals surface area contributed by atoms with Crippen LogP contribution in [-0.2, 0) is 0 Å². The van der Waals surface area contributed by atoms with E-state index in [2.05, 4.69) is 24.2 Å². The lowest BCUT2D eigenvalue weighted by molar-refractivity contribution is 0.589.